The third kappa shape index (κ3) is 20.0. The van der Waals surface area contributed by atoms with Crippen LogP contribution in [0.2, 0.25) is 0 Å². The highest BCUT2D eigenvalue weighted by molar-refractivity contribution is 5.87. The first-order valence-electron chi connectivity index (χ1n) is 12.8. The molecular weight excluding hydrogens is 376 g/mol. The monoisotopic (exact) mass is 424 g/mol. The molecule has 176 valence electrons. The lowest BCUT2D eigenvalue weighted by atomic mass is 10.1. The molecule has 0 aliphatic rings. The van der Waals surface area contributed by atoms with Gasteiger partial charge in [0, 0.05) is 6.42 Å². The Morgan fingerprint density at radius 1 is 0.633 bits per heavy atom. The molecule has 1 N–H and O–H groups in total. The van der Waals surface area contributed by atoms with Gasteiger partial charge in [-0.05, 0) is 25.3 Å². The number of carboxylic acid groups (broad SMARTS) is 1. The second-order valence-electron chi connectivity index (χ2n) is 8.54. The van der Waals surface area contributed by atoms with Crippen molar-refractivity contribution in [2.75, 3.05) is 0 Å². The summed E-state index contributed by atoms with van der Waals surface area (Å²) in [6.45, 7) is 4.44. The van der Waals surface area contributed by atoms with Crippen molar-refractivity contribution < 1.29 is 19.4 Å². The molecule has 30 heavy (non-hydrogen) atoms. The van der Waals surface area contributed by atoms with Crippen LogP contribution in [0.4, 0.5) is 0 Å². The standard InChI is InChI=1S/C26H48O4/c1-3-5-7-9-11-12-13-14-15-17-18-20-22-24(26(28)29)30-25(27)23-21-19-16-10-8-6-4-2/h22H,3-21,23H2,1-2H3,(H,28,29). The van der Waals surface area contributed by atoms with E-state index in [0.29, 0.717) is 12.8 Å². The maximum absolute atomic E-state index is 11.9. The number of allylic oxidation sites excluding steroid dienone is 1. The summed E-state index contributed by atoms with van der Waals surface area (Å²) in [5, 5.41) is 9.25. The Hall–Kier alpha value is -1.32. The molecule has 0 aliphatic carbocycles. The fourth-order valence-corrected chi connectivity index (χ4v) is 3.61. The number of carboxylic acids is 1. The van der Waals surface area contributed by atoms with Gasteiger partial charge in [0.25, 0.3) is 0 Å². The van der Waals surface area contributed by atoms with Gasteiger partial charge in [0.2, 0.25) is 5.76 Å². The highest BCUT2D eigenvalue weighted by Gasteiger charge is 2.13. The number of hydrogen-bond donors (Lipinski definition) is 1. The number of esters is 1. The molecule has 0 saturated carbocycles. The van der Waals surface area contributed by atoms with Crippen molar-refractivity contribution in [1.29, 1.82) is 0 Å². The predicted molar refractivity (Wildman–Crippen MR) is 125 cm³/mol. The van der Waals surface area contributed by atoms with Crippen molar-refractivity contribution in [1.82, 2.24) is 0 Å². The lowest BCUT2D eigenvalue weighted by molar-refractivity contribution is -0.148. The number of ether oxygens (including phenoxy) is 1. The van der Waals surface area contributed by atoms with Gasteiger partial charge in [-0.15, -0.1) is 0 Å². The first-order valence-corrected chi connectivity index (χ1v) is 12.8. The highest BCUT2D eigenvalue weighted by Crippen LogP contribution is 2.14. The van der Waals surface area contributed by atoms with Crippen molar-refractivity contribution in [3.63, 3.8) is 0 Å². The number of carbonyl (C=O) groups is 2. The smallest absolute Gasteiger partial charge is 0.371 e. The van der Waals surface area contributed by atoms with Gasteiger partial charge in [-0.25, -0.2) is 4.79 Å². The van der Waals surface area contributed by atoms with Crippen LogP contribution in [0.15, 0.2) is 11.8 Å². The summed E-state index contributed by atoms with van der Waals surface area (Å²) in [5.74, 6) is -1.77. The van der Waals surface area contributed by atoms with Crippen molar-refractivity contribution >= 4 is 11.9 Å². The van der Waals surface area contributed by atoms with Crippen LogP contribution in [0.1, 0.15) is 142 Å². The highest BCUT2D eigenvalue weighted by atomic mass is 16.6. The average molecular weight is 425 g/mol. The molecule has 0 atom stereocenters. The SMILES string of the molecule is CCCCCCCCCCCCCC=C(OC(=O)CCCCCCCCC)C(=O)O. The molecule has 0 spiro atoms. The molecule has 0 aromatic carbocycles. The minimum atomic E-state index is -1.15. The minimum absolute atomic E-state index is 0.199. The van der Waals surface area contributed by atoms with Crippen molar-refractivity contribution in [2.45, 2.75) is 142 Å². The Bertz CT molecular complexity index is 442. The molecular formula is C26H48O4. The zero-order valence-corrected chi connectivity index (χ0v) is 19.9. The van der Waals surface area contributed by atoms with E-state index in [1.165, 1.54) is 83.5 Å². The maximum Gasteiger partial charge on any atom is 0.371 e. The summed E-state index contributed by atoms with van der Waals surface area (Å²) in [4.78, 5) is 23.2. The Balaban J connectivity index is 3.74. The van der Waals surface area contributed by atoms with Crippen LogP contribution >= 0.6 is 0 Å². The molecule has 0 fully saturated rings. The zero-order valence-electron chi connectivity index (χ0n) is 19.9. The quantitative estimate of drug-likeness (QED) is 0.0820. The molecule has 0 amide bonds. The van der Waals surface area contributed by atoms with Crippen LogP contribution in [0, 0.1) is 0 Å². The second-order valence-corrected chi connectivity index (χ2v) is 8.54. The first kappa shape index (κ1) is 28.7. The summed E-state index contributed by atoms with van der Waals surface area (Å²) in [5.41, 5.74) is 0. The van der Waals surface area contributed by atoms with Crippen molar-refractivity contribution in [3.8, 4) is 0 Å². The summed E-state index contributed by atoms with van der Waals surface area (Å²) < 4.78 is 5.08. The van der Waals surface area contributed by atoms with Gasteiger partial charge in [-0.3, -0.25) is 4.79 Å². The second kappa shape index (κ2) is 22.4. The van der Waals surface area contributed by atoms with Crippen LogP contribution < -0.4 is 0 Å². The van der Waals surface area contributed by atoms with E-state index < -0.39 is 11.9 Å². The molecule has 0 aliphatic heterocycles. The van der Waals surface area contributed by atoms with E-state index in [-0.39, 0.29) is 5.76 Å². The minimum Gasteiger partial charge on any atom is -0.475 e. The average Bonchev–Trinajstić information content (AvgIpc) is 2.72. The van der Waals surface area contributed by atoms with Gasteiger partial charge in [0.1, 0.15) is 0 Å². The molecule has 0 rings (SSSR count). The van der Waals surface area contributed by atoms with Crippen molar-refractivity contribution in [2.24, 2.45) is 0 Å². The number of unbranched alkanes of at least 4 members (excludes halogenated alkanes) is 17. The number of rotatable bonds is 22. The number of aliphatic carboxylic acids is 1. The predicted octanol–water partition coefficient (Wildman–Crippen LogP) is 8.34. The van der Waals surface area contributed by atoms with Crippen LogP contribution in [0.5, 0.6) is 0 Å². The van der Waals surface area contributed by atoms with E-state index in [9.17, 15) is 14.7 Å². The van der Waals surface area contributed by atoms with Crippen LogP contribution in [-0.2, 0) is 14.3 Å². The Morgan fingerprint density at radius 2 is 1.03 bits per heavy atom. The van der Waals surface area contributed by atoms with Crippen LogP contribution in [0.3, 0.4) is 0 Å². The third-order valence-corrected chi connectivity index (χ3v) is 5.56. The van der Waals surface area contributed by atoms with E-state index in [1.54, 1.807) is 6.08 Å². The Labute approximate surface area is 185 Å². The van der Waals surface area contributed by atoms with Crippen molar-refractivity contribution in [3.05, 3.63) is 11.8 Å². The molecule has 0 bridgehead atoms. The molecule has 0 heterocycles. The van der Waals surface area contributed by atoms with E-state index in [0.717, 1.165) is 32.1 Å². The van der Waals surface area contributed by atoms with Gasteiger partial charge in [0.15, 0.2) is 0 Å². The lowest BCUT2D eigenvalue weighted by Crippen LogP contribution is -2.11. The fourth-order valence-electron chi connectivity index (χ4n) is 3.61. The van der Waals surface area contributed by atoms with Gasteiger partial charge < -0.3 is 9.84 Å². The van der Waals surface area contributed by atoms with Gasteiger partial charge in [-0.2, -0.15) is 0 Å². The molecule has 0 aromatic rings. The first-order chi connectivity index (χ1) is 14.6. The van der Waals surface area contributed by atoms with Gasteiger partial charge >= 0.3 is 11.9 Å². The summed E-state index contributed by atoms with van der Waals surface area (Å²) in [7, 11) is 0. The van der Waals surface area contributed by atoms with Crippen LogP contribution in [0.25, 0.3) is 0 Å². The van der Waals surface area contributed by atoms with Gasteiger partial charge in [-0.1, -0.05) is 117 Å². The topological polar surface area (TPSA) is 63.6 Å². The van der Waals surface area contributed by atoms with E-state index in [1.807, 2.05) is 0 Å². The van der Waals surface area contributed by atoms with E-state index >= 15 is 0 Å². The molecule has 0 unspecified atom stereocenters. The molecule has 4 heteroatoms. The fraction of sp³-hybridized carbons (Fsp3) is 0.846. The maximum atomic E-state index is 11.9. The molecule has 0 saturated heterocycles. The summed E-state index contributed by atoms with van der Waals surface area (Å²) in [6, 6.07) is 0. The van der Waals surface area contributed by atoms with Gasteiger partial charge in [0.05, 0.1) is 0 Å². The van der Waals surface area contributed by atoms with E-state index in [4.69, 9.17) is 4.74 Å². The largest absolute Gasteiger partial charge is 0.475 e. The third-order valence-electron chi connectivity index (χ3n) is 5.56. The summed E-state index contributed by atoms with van der Waals surface area (Å²) >= 11 is 0. The molecule has 0 aromatic heterocycles. The van der Waals surface area contributed by atoms with Crippen LogP contribution in [-0.4, -0.2) is 17.0 Å². The summed E-state index contributed by atoms with van der Waals surface area (Å²) in [6.07, 6.45) is 24.3. The zero-order chi connectivity index (χ0) is 22.3. The number of carbonyl (C=O) groups excluding carboxylic acids is 1. The Kier molecular flexibility index (Phi) is 21.4. The van der Waals surface area contributed by atoms with E-state index in [2.05, 4.69) is 13.8 Å². The molecule has 0 radical (unpaired) electrons. The molecule has 4 nitrogen and oxygen atoms in total. The lowest BCUT2D eigenvalue weighted by Gasteiger charge is -2.06. The Morgan fingerprint density at radius 3 is 1.47 bits per heavy atom. The number of hydrogen-bond acceptors (Lipinski definition) is 3. The normalized spacial score (nSPS) is 11.6.